The molecule has 0 saturated heterocycles. The summed E-state index contributed by atoms with van der Waals surface area (Å²) in [4.78, 5) is 2.39. The number of nitrogens with zero attached hydrogens (tertiary/aromatic N) is 1. The molecule has 3 aromatic heterocycles. The highest BCUT2D eigenvalue weighted by Crippen LogP contribution is 2.47. The lowest BCUT2D eigenvalue weighted by Crippen LogP contribution is -2.09. The van der Waals surface area contributed by atoms with E-state index in [0.29, 0.717) is 0 Å². The maximum Gasteiger partial charge on any atom is 0.144 e. The molecule has 13 aromatic rings. The lowest BCUT2D eigenvalue weighted by Gasteiger charge is -2.26. The third kappa shape index (κ3) is 5.61. The third-order valence-electron chi connectivity index (χ3n) is 12.5. The van der Waals surface area contributed by atoms with Crippen molar-refractivity contribution in [2.45, 2.75) is 0 Å². The Hall–Kier alpha value is -7.50. The molecule has 0 saturated carbocycles. The molecule has 290 valence electrons. The maximum absolute atomic E-state index is 6.63. The molecule has 0 aliphatic heterocycles. The smallest absolute Gasteiger partial charge is 0.144 e. The Kier molecular flexibility index (Phi) is 7.99. The minimum absolute atomic E-state index is 0.927. The van der Waals surface area contributed by atoms with Gasteiger partial charge < -0.3 is 9.32 Å². The molecule has 0 radical (unpaired) electrons. The Morgan fingerprint density at radius 2 is 0.903 bits per heavy atom. The fraction of sp³-hybridized carbons (Fsp3) is 0. The molecule has 0 N–H and O–H groups in total. The first-order chi connectivity index (χ1) is 30.7. The number of benzene rings is 10. The van der Waals surface area contributed by atoms with Gasteiger partial charge in [-0.25, -0.2) is 0 Å². The van der Waals surface area contributed by atoms with Crippen molar-refractivity contribution >= 4 is 113 Å². The summed E-state index contributed by atoms with van der Waals surface area (Å²) in [6.45, 7) is 0. The van der Waals surface area contributed by atoms with Gasteiger partial charge in [0, 0.05) is 68.2 Å². The highest BCUT2D eigenvalue weighted by molar-refractivity contribution is 7.26. The second kappa shape index (κ2) is 14.0. The molecule has 13 rings (SSSR count). The highest BCUT2D eigenvalue weighted by atomic mass is 32.1. The summed E-state index contributed by atoms with van der Waals surface area (Å²) < 4.78 is 11.7. The first-order valence-electron chi connectivity index (χ1n) is 21.0. The minimum atomic E-state index is 0.927. The average Bonchev–Trinajstić information content (AvgIpc) is 4.03. The zero-order valence-corrected chi connectivity index (χ0v) is 35.0. The van der Waals surface area contributed by atoms with Crippen molar-refractivity contribution < 1.29 is 4.42 Å². The number of rotatable bonds is 6. The zero-order chi connectivity index (χ0) is 40.7. The van der Waals surface area contributed by atoms with E-state index in [2.05, 4.69) is 217 Å². The van der Waals surface area contributed by atoms with Gasteiger partial charge in [-0.1, -0.05) is 133 Å². The summed E-state index contributed by atoms with van der Waals surface area (Å²) in [6.07, 6.45) is 0. The molecule has 62 heavy (non-hydrogen) atoms. The first-order valence-corrected chi connectivity index (χ1v) is 22.6. The van der Waals surface area contributed by atoms with Gasteiger partial charge in [0.2, 0.25) is 0 Å². The van der Waals surface area contributed by atoms with Gasteiger partial charge in [0.25, 0.3) is 0 Å². The third-order valence-corrected chi connectivity index (χ3v) is 14.8. The molecule has 4 heteroatoms. The van der Waals surface area contributed by atoms with Crippen LogP contribution in [-0.2, 0) is 0 Å². The van der Waals surface area contributed by atoms with Crippen LogP contribution in [0.5, 0.6) is 0 Å². The highest BCUT2D eigenvalue weighted by Gasteiger charge is 2.20. The van der Waals surface area contributed by atoms with Crippen LogP contribution in [0.25, 0.3) is 106 Å². The van der Waals surface area contributed by atoms with Gasteiger partial charge in [-0.15, -0.1) is 22.7 Å². The van der Waals surface area contributed by atoms with Crippen molar-refractivity contribution in [1.29, 1.82) is 0 Å². The summed E-state index contributed by atoms with van der Waals surface area (Å²) in [6, 6.07) is 77.4. The van der Waals surface area contributed by atoms with Crippen LogP contribution in [0.4, 0.5) is 17.1 Å². The summed E-state index contributed by atoms with van der Waals surface area (Å²) in [5.74, 6) is 0. The molecule has 0 unspecified atom stereocenters. The Morgan fingerprint density at radius 3 is 1.74 bits per heavy atom. The standard InChI is InChI=1S/C58H35NOS2/c1-2-10-36(11-3-1)37-20-25-41(26-21-37)59(42-27-22-39(23-28-42)45-16-8-13-38-12-4-5-14-44(38)45)43-29-32-53-50(35-43)49-34-40(24-31-52(49)61-53)46-17-9-19-54-56(46)57-55(62-54)33-30-48-47-15-6-7-18-51(47)60-58(48)57/h1-35H. The molecule has 0 aliphatic rings. The van der Waals surface area contributed by atoms with E-state index in [9.17, 15) is 0 Å². The van der Waals surface area contributed by atoms with E-state index in [0.717, 1.165) is 39.0 Å². The van der Waals surface area contributed by atoms with Crippen molar-refractivity contribution in [3.8, 4) is 33.4 Å². The molecule has 0 spiro atoms. The molecule has 0 fully saturated rings. The molecule has 0 aliphatic carbocycles. The van der Waals surface area contributed by atoms with E-state index in [4.69, 9.17) is 4.42 Å². The Balaban J connectivity index is 0.962. The number of hydrogen-bond donors (Lipinski definition) is 0. The van der Waals surface area contributed by atoms with Gasteiger partial charge in [-0.3, -0.25) is 0 Å². The maximum atomic E-state index is 6.63. The van der Waals surface area contributed by atoms with Crippen molar-refractivity contribution in [2.75, 3.05) is 4.90 Å². The lowest BCUT2D eigenvalue weighted by molar-refractivity contribution is 0.673. The second-order valence-electron chi connectivity index (χ2n) is 16.0. The van der Waals surface area contributed by atoms with E-state index in [1.54, 1.807) is 0 Å². The molecule has 3 heterocycles. The molecule has 0 atom stereocenters. The number of hydrogen-bond acceptors (Lipinski definition) is 4. The number of fused-ring (bicyclic) bond motifs is 11. The predicted molar refractivity (Wildman–Crippen MR) is 268 cm³/mol. The van der Waals surface area contributed by atoms with Crippen molar-refractivity contribution in [1.82, 2.24) is 0 Å². The number of thiophene rings is 2. The van der Waals surface area contributed by atoms with Crippen LogP contribution >= 0.6 is 22.7 Å². The van der Waals surface area contributed by atoms with Crippen LogP contribution in [0.15, 0.2) is 217 Å². The molecule has 0 bridgehead atoms. The van der Waals surface area contributed by atoms with Gasteiger partial charge in [0.15, 0.2) is 0 Å². The van der Waals surface area contributed by atoms with Crippen molar-refractivity contribution in [3.05, 3.63) is 212 Å². The molecular weight excluding hydrogens is 791 g/mol. The van der Waals surface area contributed by atoms with E-state index in [1.165, 1.54) is 84.5 Å². The quantitative estimate of drug-likeness (QED) is 0.166. The van der Waals surface area contributed by atoms with E-state index in [-0.39, 0.29) is 0 Å². The van der Waals surface area contributed by atoms with Gasteiger partial charge >= 0.3 is 0 Å². The molecular formula is C58H35NOS2. The Labute approximate surface area is 365 Å². The minimum Gasteiger partial charge on any atom is -0.455 e. The van der Waals surface area contributed by atoms with Crippen molar-refractivity contribution in [3.63, 3.8) is 0 Å². The Morgan fingerprint density at radius 1 is 0.323 bits per heavy atom. The van der Waals surface area contributed by atoms with Crippen LogP contribution in [0.3, 0.4) is 0 Å². The van der Waals surface area contributed by atoms with E-state index in [1.807, 2.05) is 22.7 Å². The summed E-state index contributed by atoms with van der Waals surface area (Å²) >= 11 is 3.70. The van der Waals surface area contributed by atoms with Gasteiger partial charge in [0.1, 0.15) is 11.2 Å². The normalized spacial score (nSPS) is 11.9. The van der Waals surface area contributed by atoms with Crippen LogP contribution in [-0.4, -0.2) is 0 Å². The zero-order valence-electron chi connectivity index (χ0n) is 33.4. The average molecular weight is 826 g/mol. The molecule has 10 aromatic carbocycles. The number of furan rings is 1. The summed E-state index contributed by atoms with van der Waals surface area (Å²) in [7, 11) is 0. The predicted octanol–water partition coefficient (Wildman–Crippen LogP) is 17.9. The van der Waals surface area contributed by atoms with Gasteiger partial charge in [0.05, 0.1) is 0 Å². The monoisotopic (exact) mass is 825 g/mol. The van der Waals surface area contributed by atoms with Crippen LogP contribution in [0.2, 0.25) is 0 Å². The lowest BCUT2D eigenvalue weighted by atomic mass is 9.97. The second-order valence-corrected chi connectivity index (χ2v) is 18.2. The van der Waals surface area contributed by atoms with E-state index >= 15 is 0 Å². The SMILES string of the molecule is c1ccc(-c2ccc(N(c3ccc(-c4cccc5ccccc45)cc3)c3ccc4sc5ccc(-c6cccc7sc8ccc9c%10ccccc%10oc9c8c67)cc5c4c3)cc2)cc1. The number of para-hydroxylation sites is 1. The topological polar surface area (TPSA) is 16.4 Å². The van der Waals surface area contributed by atoms with Gasteiger partial charge in [-0.2, -0.15) is 0 Å². The van der Waals surface area contributed by atoms with Crippen LogP contribution in [0, 0.1) is 0 Å². The largest absolute Gasteiger partial charge is 0.455 e. The van der Waals surface area contributed by atoms with Crippen LogP contribution in [0.1, 0.15) is 0 Å². The number of anilines is 3. The Bertz CT molecular complexity index is 3850. The first kappa shape index (κ1) is 35.3. The fourth-order valence-corrected chi connectivity index (χ4v) is 11.7. The fourth-order valence-electron chi connectivity index (χ4n) is 9.55. The molecule has 0 amide bonds. The van der Waals surface area contributed by atoms with E-state index < -0.39 is 0 Å². The summed E-state index contributed by atoms with van der Waals surface area (Å²) in [5.41, 5.74) is 12.5. The van der Waals surface area contributed by atoms with Gasteiger partial charge in [-0.05, 0) is 123 Å². The van der Waals surface area contributed by atoms with Crippen LogP contribution < -0.4 is 4.90 Å². The van der Waals surface area contributed by atoms with Crippen molar-refractivity contribution in [2.24, 2.45) is 0 Å². The summed E-state index contributed by atoms with van der Waals surface area (Å²) in [5, 5.41) is 9.81. The molecule has 2 nitrogen and oxygen atoms in total.